The minimum Gasteiger partial charge on any atom is -0.477 e. The number of hydrogen-bond acceptors (Lipinski definition) is 6. The van der Waals surface area contributed by atoms with Crippen molar-refractivity contribution in [2.45, 2.75) is 32.7 Å². The Hall–Kier alpha value is -1.73. The first-order chi connectivity index (χ1) is 10.6. The molecule has 0 saturated carbocycles. The van der Waals surface area contributed by atoms with Gasteiger partial charge >= 0.3 is 5.97 Å². The maximum atomic E-state index is 11.3. The third-order valence-corrected chi connectivity index (χ3v) is 5.52. The molecule has 3 rings (SSSR count). The van der Waals surface area contributed by atoms with Gasteiger partial charge in [0.2, 0.25) is 0 Å². The standard InChI is InChI=1S/C15H20N4O2S/c1-3-19-6-4-5-10(19)7-16-13-11-9(2)12(15(20)21)22-14(11)18-8-17-13/h8,10H,3-7H2,1-2H3,(H,20,21)(H,16,17,18)/t10-/m1/s1. The first-order valence-electron chi connectivity index (χ1n) is 7.57. The van der Waals surface area contributed by atoms with Crippen molar-refractivity contribution in [2.75, 3.05) is 25.0 Å². The molecule has 0 aliphatic carbocycles. The summed E-state index contributed by atoms with van der Waals surface area (Å²) < 4.78 is 0. The number of nitrogens with one attached hydrogen (secondary N) is 1. The van der Waals surface area contributed by atoms with Gasteiger partial charge in [-0.05, 0) is 38.4 Å². The van der Waals surface area contributed by atoms with Gasteiger partial charge in [0.15, 0.2) is 0 Å². The highest BCUT2D eigenvalue weighted by atomic mass is 32.1. The Morgan fingerprint density at radius 2 is 2.36 bits per heavy atom. The zero-order valence-corrected chi connectivity index (χ0v) is 13.6. The van der Waals surface area contributed by atoms with Crippen LogP contribution in [-0.4, -0.2) is 51.6 Å². The van der Waals surface area contributed by atoms with Crippen molar-refractivity contribution < 1.29 is 9.90 Å². The number of aromatic nitrogens is 2. The summed E-state index contributed by atoms with van der Waals surface area (Å²) in [7, 11) is 0. The van der Waals surface area contributed by atoms with Crippen molar-refractivity contribution in [3.05, 3.63) is 16.8 Å². The molecule has 0 spiro atoms. The van der Waals surface area contributed by atoms with Crippen molar-refractivity contribution in [3.63, 3.8) is 0 Å². The molecule has 0 unspecified atom stereocenters. The maximum absolute atomic E-state index is 11.3. The van der Waals surface area contributed by atoms with Crippen LogP contribution in [0.1, 0.15) is 35.0 Å². The van der Waals surface area contributed by atoms with E-state index in [2.05, 4.69) is 27.1 Å². The number of likely N-dealkylation sites (N-methyl/N-ethyl adjacent to an activating group) is 1. The highest BCUT2D eigenvalue weighted by Gasteiger charge is 2.24. The van der Waals surface area contributed by atoms with Crippen LogP contribution in [0.2, 0.25) is 0 Å². The summed E-state index contributed by atoms with van der Waals surface area (Å²) in [6.07, 6.45) is 3.93. The zero-order valence-electron chi connectivity index (χ0n) is 12.8. The Morgan fingerprint density at radius 3 is 3.09 bits per heavy atom. The van der Waals surface area contributed by atoms with Gasteiger partial charge in [-0.15, -0.1) is 11.3 Å². The topological polar surface area (TPSA) is 78.3 Å². The summed E-state index contributed by atoms with van der Waals surface area (Å²) in [6.45, 7) is 7.06. The SMILES string of the molecule is CCN1CCC[C@@H]1CNc1ncnc2sc(C(=O)O)c(C)c12. The first kappa shape index (κ1) is 15.2. The molecule has 7 heteroatoms. The molecule has 1 aliphatic heterocycles. The van der Waals surface area contributed by atoms with E-state index in [1.807, 2.05) is 6.92 Å². The van der Waals surface area contributed by atoms with Gasteiger partial charge in [-0.2, -0.15) is 0 Å². The number of hydrogen-bond donors (Lipinski definition) is 2. The summed E-state index contributed by atoms with van der Waals surface area (Å²) in [5.41, 5.74) is 0.745. The van der Waals surface area contributed by atoms with Crippen molar-refractivity contribution in [1.29, 1.82) is 0 Å². The van der Waals surface area contributed by atoms with Gasteiger partial charge in [0.25, 0.3) is 0 Å². The van der Waals surface area contributed by atoms with Crippen LogP contribution in [0.15, 0.2) is 6.33 Å². The van der Waals surface area contributed by atoms with Crippen LogP contribution in [0, 0.1) is 6.92 Å². The minimum absolute atomic E-state index is 0.342. The number of aryl methyl sites for hydroxylation is 1. The highest BCUT2D eigenvalue weighted by Crippen LogP contribution is 2.33. The number of fused-ring (bicyclic) bond motifs is 1. The summed E-state index contributed by atoms with van der Waals surface area (Å²) in [6, 6.07) is 0.521. The van der Waals surface area contributed by atoms with E-state index >= 15 is 0 Å². The molecule has 1 aliphatic rings. The Bertz CT molecular complexity index is 700. The number of thiophene rings is 1. The molecule has 0 bridgehead atoms. The van der Waals surface area contributed by atoms with Crippen molar-refractivity contribution in [3.8, 4) is 0 Å². The third-order valence-electron chi connectivity index (χ3n) is 4.33. The number of aromatic carboxylic acids is 1. The Labute approximate surface area is 133 Å². The van der Waals surface area contributed by atoms with Crippen molar-refractivity contribution in [2.24, 2.45) is 0 Å². The van der Waals surface area contributed by atoms with Gasteiger partial charge in [-0.25, -0.2) is 14.8 Å². The summed E-state index contributed by atoms with van der Waals surface area (Å²) >= 11 is 1.21. The molecular formula is C15H20N4O2S. The van der Waals surface area contributed by atoms with E-state index in [0.29, 0.717) is 10.9 Å². The molecule has 118 valence electrons. The number of nitrogens with zero attached hydrogens (tertiary/aromatic N) is 3. The second-order valence-electron chi connectivity index (χ2n) is 5.57. The largest absolute Gasteiger partial charge is 0.477 e. The predicted octanol–water partition coefficient (Wildman–Crippen LogP) is 2.59. The van der Waals surface area contributed by atoms with E-state index in [-0.39, 0.29) is 0 Å². The summed E-state index contributed by atoms with van der Waals surface area (Å²) in [5.74, 6) is -0.159. The molecule has 1 atom stereocenters. The normalized spacial score (nSPS) is 18.9. The lowest BCUT2D eigenvalue weighted by Gasteiger charge is -2.23. The molecule has 22 heavy (non-hydrogen) atoms. The number of carboxylic acids is 1. The van der Waals surface area contributed by atoms with Crippen molar-refractivity contribution >= 4 is 33.3 Å². The van der Waals surface area contributed by atoms with Crippen LogP contribution in [0.4, 0.5) is 5.82 Å². The number of rotatable bonds is 5. The lowest BCUT2D eigenvalue weighted by Crippen LogP contribution is -2.34. The Kier molecular flexibility index (Phi) is 4.26. The quantitative estimate of drug-likeness (QED) is 0.881. The van der Waals surface area contributed by atoms with E-state index in [1.165, 1.54) is 30.5 Å². The van der Waals surface area contributed by atoms with Gasteiger partial charge < -0.3 is 10.4 Å². The average Bonchev–Trinajstić information content (AvgIpc) is 3.09. The predicted molar refractivity (Wildman–Crippen MR) is 87.9 cm³/mol. The molecule has 2 aromatic heterocycles. The fourth-order valence-electron chi connectivity index (χ4n) is 3.17. The molecule has 1 saturated heterocycles. The molecule has 0 amide bonds. The molecular weight excluding hydrogens is 300 g/mol. The molecule has 0 radical (unpaired) electrons. The van der Waals surface area contributed by atoms with E-state index in [9.17, 15) is 9.90 Å². The molecule has 2 N–H and O–H groups in total. The van der Waals surface area contributed by atoms with Crippen LogP contribution in [0.5, 0.6) is 0 Å². The van der Waals surface area contributed by atoms with E-state index < -0.39 is 5.97 Å². The molecule has 6 nitrogen and oxygen atoms in total. The third kappa shape index (κ3) is 2.66. The Balaban J connectivity index is 1.86. The van der Waals surface area contributed by atoms with Crippen LogP contribution in [0.3, 0.4) is 0 Å². The van der Waals surface area contributed by atoms with Crippen LogP contribution in [-0.2, 0) is 0 Å². The lowest BCUT2D eigenvalue weighted by atomic mass is 10.2. The van der Waals surface area contributed by atoms with E-state index in [4.69, 9.17) is 0 Å². The van der Waals surface area contributed by atoms with E-state index in [1.54, 1.807) is 0 Å². The van der Waals surface area contributed by atoms with Gasteiger partial charge in [-0.3, -0.25) is 4.90 Å². The van der Waals surface area contributed by atoms with Gasteiger partial charge in [0.1, 0.15) is 21.9 Å². The number of anilines is 1. The fourth-order valence-corrected chi connectivity index (χ4v) is 4.15. The first-order valence-corrected chi connectivity index (χ1v) is 8.38. The Morgan fingerprint density at radius 1 is 1.55 bits per heavy atom. The summed E-state index contributed by atoms with van der Waals surface area (Å²) in [5, 5.41) is 13.5. The fraction of sp³-hybridized carbons (Fsp3) is 0.533. The number of carbonyl (C=O) groups is 1. The summed E-state index contributed by atoms with van der Waals surface area (Å²) in [4.78, 5) is 23.4. The average molecular weight is 320 g/mol. The monoisotopic (exact) mass is 320 g/mol. The second kappa shape index (κ2) is 6.18. The molecule has 0 aromatic carbocycles. The van der Waals surface area contributed by atoms with E-state index in [0.717, 1.165) is 41.2 Å². The van der Waals surface area contributed by atoms with Gasteiger partial charge in [0, 0.05) is 12.6 Å². The molecule has 1 fully saturated rings. The van der Waals surface area contributed by atoms with Gasteiger partial charge in [-0.1, -0.05) is 6.92 Å². The maximum Gasteiger partial charge on any atom is 0.346 e. The van der Waals surface area contributed by atoms with Crippen molar-refractivity contribution in [1.82, 2.24) is 14.9 Å². The van der Waals surface area contributed by atoms with Crippen LogP contribution < -0.4 is 5.32 Å². The smallest absolute Gasteiger partial charge is 0.346 e. The second-order valence-corrected chi connectivity index (χ2v) is 6.57. The number of likely N-dealkylation sites (tertiary alicyclic amines) is 1. The lowest BCUT2D eigenvalue weighted by molar-refractivity contribution is 0.0701. The highest BCUT2D eigenvalue weighted by molar-refractivity contribution is 7.20. The van der Waals surface area contributed by atoms with Gasteiger partial charge in [0.05, 0.1) is 5.39 Å². The number of carboxylic acid groups (broad SMARTS) is 1. The molecule has 2 aromatic rings. The minimum atomic E-state index is -0.903. The zero-order chi connectivity index (χ0) is 15.7. The molecule has 3 heterocycles. The van der Waals surface area contributed by atoms with Crippen LogP contribution in [0.25, 0.3) is 10.2 Å². The van der Waals surface area contributed by atoms with Crippen LogP contribution >= 0.6 is 11.3 Å².